The molecule has 0 saturated carbocycles. The van der Waals surface area contributed by atoms with E-state index in [0.717, 1.165) is 0 Å². The van der Waals surface area contributed by atoms with Gasteiger partial charge in [-0.05, 0) is 24.3 Å². The maximum atomic E-state index is 12.0. The van der Waals surface area contributed by atoms with E-state index in [4.69, 9.17) is 19.3 Å². The fraction of sp³-hybridized carbons (Fsp3) is 0.500. The Morgan fingerprint density at radius 3 is 2.36 bits per heavy atom. The summed E-state index contributed by atoms with van der Waals surface area (Å²) in [5, 5.41) is 38.3. The first kappa shape index (κ1) is 16.7. The van der Waals surface area contributed by atoms with Crippen molar-refractivity contribution in [3.05, 3.63) is 29.8 Å². The van der Waals surface area contributed by atoms with Crippen LogP contribution in [0.4, 0.5) is 0 Å². The third-order valence-electron chi connectivity index (χ3n) is 3.41. The van der Waals surface area contributed by atoms with E-state index in [0.29, 0.717) is 5.75 Å². The number of methoxy groups -OCH3 is 1. The summed E-state index contributed by atoms with van der Waals surface area (Å²) >= 11 is 0. The average Bonchev–Trinajstić information content (AvgIpc) is 2.54. The van der Waals surface area contributed by atoms with Crippen molar-refractivity contribution < 1.29 is 39.4 Å². The lowest BCUT2D eigenvalue weighted by atomic mass is 9.99. The third kappa shape index (κ3) is 3.37. The molecule has 0 radical (unpaired) electrons. The zero-order valence-electron chi connectivity index (χ0n) is 11.8. The van der Waals surface area contributed by atoms with Crippen LogP contribution >= 0.6 is 0 Å². The molecule has 8 heteroatoms. The lowest BCUT2D eigenvalue weighted by Gasteiger charge is -2.39. The third-order valence-corrected chi connectivity index (χ3v) is 3.41. The Morgan fingerprint density at radius 1 is 1.18 bits per heavy atom. The lowest BCUT2D eigenvalue weighted by Crippen LogP contribution is -2.59. The molecule has 0 bridgehead atoms. The second-order valence-corrected chi connectivity index (χ2v) is 4.83. The summed E-state index contributed by atoms with van der Waals surface area (Å²) in [6.07, 6.45) is -7.35. The normalized spacial score (nSPS) is 31.6. The van der Waals surface area contributed by atoms with Gasteiger partial charge in [0.2, 0.25) is 0 Å². The van der Waals surface area contributed by atoms with Crippen molar-refractivity contribution in [2.75, 3.05) is 13.7 Å². The molecule has 1 heterocycles. The van der Waals surface area contributed by atoms with Gasteiger partial charge in [-0.25, -0.2) is 4.79 Å². The largest absolute Gasteiger partial charge is 0.497 e. The van der Waals surface area contributed by atoms with Gasteiger partial charge in [0.25, 0.3) is 0 Å². The van der Waals surface area contributed by atoms with Crippen LogP contribution in [0.1, 0.15) is 10.4 Å². The Balaban J connectivity index is 2.10. The second-order valence-electron chi connectivity index (χ2n) is 4.83. The minimum atomic E-state index is -1.67. The van der Waals surface area contributed by atoms with E-state index in [1.165, 1.54) is 19.2 Å². The molecule has 1 aromatic carbocycles. The van der Waals surface area contributed by atoms with E-state index in [-0.39, 0.29) is 5.56 Å². The van der Waals surface area contributed by atoms with E-state index in [2.05, 4.69) is 0 Å². The Morgan fingerprint density at radius 2 is 1.82 bits per heavy atom. The van der Waals surface area contributed by atoms with Gasteiger partial charge in [-0.15, -0.1) is 0 Å². The standard InChI is InChI=1S/C14H18O8/c1-20-8-4-2-7(3-5-8)13(18)22-12-10(16)9(6-15)21-14(19)11(12)17/h2-5,9-12,14-17,19H,6H2,1H3/t9-,10+,11-,12+,14-/m1/s1. The highest BCUT2D eigenvalue weighted by atomic mass is 16.7. The summed E-state index contributed by atoms with van der Waals surface area (Å²) in [4.78, 5) is 12.0. The summed E-state index contributed by atoms with van der Waals surface area (Å²) in [6.45, 7) is -0.596. The van der Waals surface area contributed by atoms with Gasteiger partial charge in [-0.1, -0.05) is 0 Å². The Labute approximate surface area is 126 Å². The number of esters is 1. The number of carbonyl (C=O) groups is 1. The molecule has 4 N–H and O–H groups in total. The lowest BCUT2D eigenvalue weighted by molar-refractivity contribution is -0.285. The first-order valence-electron chi connectivity index (χ1n) is 6.63. The number of aliphatic hydroxyl groups excluding tert-OH is 4. The number of ether oxygens (including phenoxy) is 3. The molecule has 22 heavy (non-hydrogen) atoms. The highest BCUT2D eigenvalue weighted by Gasteiger charge is 2.46. The van der Waals surface area contributed by atoms with Crippen molar-refractivity contribution in [1.82, 2.24) is 0 Å². The molecule has 1 fully saturated rings. The summed E-state index contributed by atoms with van der Waals surface area (Å²) in [7, 11) is 1.48. The number of hydrogen-bond acceptors (Lipinski definition) is 8. The fourth-order valence-electron chi connectivity index (χ4n) is 2.13. The molecule has 2 rings (SSSR count). The quantitative estimate of drug-likeness (QED) is 0.503. The van der Waals surface area contributed by atoms with Gasteiger partial charge < -0.3 is 34.6 Å². The zero-order chi connectivity index (χ0) is 16.3. The first-order valence-corrected chi connectivity index (χ1v) is 6.63. The van der Waals surface area contributed by atoms with Gasteiger partial charge >= 0.3 is 5.97 Å². The predicted octanol–water partition coefficient (Wildman–Crippen LogP) is -1.35. The molecule has 0 aliphatic carbocycles. The fourth-order valence-corrected chi connectivity index (χ4v) is 2.13. The summed E-state index contributed by atoms with van der Waals surface area (Å²) in [5.41, 5.74) is 0.182. The van der Waals surface area contributed by atoms with E-state index in [1.54, 1.807) is 12.1 Å². The highest BCUT2D eigenvalue weighted by Crippen LogP contribution is 2.23. The number of hydrogen-bond donors (Lipinski definition) is 4. The molecule has 0 amide bonds. The molecule has 1 aliphatic rings. The van der Waals surface area contributed by atoms with Crippen LogP contribution in [-0.4, -0.2) is 70.8 Å². The number of carbonyl (C=O) groups excluding carboxylic acids is 1. The van der Waals surface area contributed by atoms with Crippen molar-refractivity contribution in [3.8, 4) is 5.75 Å². The summed E-state index contributed by atoms with van der Waals surface area (Å²) < 4.78 is 14.8. The van der Waals surface area contributed by atoms with Crippen LogP contribution in [-0.2, 0) is 9.47 Å². The van der Waals surface area contributed by atoms with Gasteiger partial charge in [0, 0.05) is 0 Å². The Hall–Kier alpha value is -1.71. The molecule has 8 nitrogen and oxygen atoms in total. The highest BCUT2D eigenvalue weighted by molar-refractivity contribution is 5.89. The van der Waals surface area contributed by atoms with Crippen LogP contribution < -0.4 is 4.74 Å². The minimum Gasteiger partial charge on any atom is -0.497 e. The van der Waals surface area contributed by atoms with E-state index < -0.39 is 43.3 Å². The smallest absolute Gasteiger partial charge is 0.338 e. The molecule has 0 spiro atoms. The van der Waals surface area contributed by atoms with Crippen LogP contribution in [0.5, 0.6) is 5.75 Å². The second kappa shape index (κ2) is 7.03. The van der Waals surface area contributed by atoms with Crippen molar-refractivity contribution in [2.45, 2.75) is 30.7 Å². The molecule has 1 aliphatic heterocycles. The van der Waals surface area contributed by atoms with Crippen LogP contribution in [0.3, 0.4) is 0 Å². The number of benzene rings is 1. The van der Waals surface area contributed by atoms with E-state index in [9.17, 15) is 20.1 Å². The minimum absolute atomic E-state index is 0.182. The van der Waals surface area contributed by atoms with Crippen molar-refractivity contribution in [2.24, 2.45) is 0 Å². The molecule has 122 valence electrons. The summed E-state index contributed by atoms with van der Waals surface area (Å²) in [6, 6.07) is 6.02. The first-order chi connectivity index (χ1) is 10.5. The average molecular weight is 314 g/mol. The van der Waals surface area contributed by atoms with Gasteiger partial charge in [-0.2, -0.15) is 0 Å². The Bertz CT molecular complexity index is 502. The Kier molecular flexibility index (Phi) is 5.33. The van der Waals surface area contributed by atoms with Gasteiger partial charge in [0.05, 0.1) is 19.3 Å². The molecule has 0 unspecified atom stereocenters. The van der Waals surface area contributed by atoms with Gasteiger partial charge in [0.15, 0.2) is 12.4 Å². The van der Waals surface area contributed by atoms with Gasteiger partial charge in [-0.3, -0.25) is 0 Å². The molecule has 5 atom stereocenters. The van der Waals surface area contributed by atoms with Crippen molar-refractivity contribution in [1.29, 1.82) is 0 Å². The molecule has 0 aromatic heterocycles. The van der Waals surface area contributed by atoms with Crippen LogP contribution in [0.15, 0.2) is 24.3 Å². The van der Waals surface area contributed by atoms with Crippen LogP contribution in [0.2, 0.25) is 0 Å². The number of aliphatic hydroxyl groups is 4. The van der Waals surface area contributed by atoms with E-state index >= 15 is 0 Å². The zero-order valence-corrected chi connectivity index (χ0v) is 11.8. The molecular formula is C14H18O8. The topological polar surface area (TPSA) is 126 Å². The SMILES string of the molecule is COc1ccc(C(=O)O[C@@H]2[C@@H](O)[C@H](O)O[C@H](CO)[C@@H]2O)cc1. The monoisotopic (exact) mass is 314 g/mol. The predicted molar refractivity (Wildman–Crippen MR) is 72.2 cm³/mol. The summed E-state index contributed by atoms with van der Waals surface area (Å²) in [5.74, 6) is -0.241. The van der Waals surface area contributed by atoms with Gasteiger partial charge in [0.1, 0.15) is 24.1 Å². The maximum Gasteiger partial charge on any atom is 0.338 e. The maximum absolute atomic E-state index is 12.0. The van der Waals surface area contributed by atoms with Crippen LogP contribution in [0.25, 0.3) is 0 Å². The van der Waals surface area contributed by atoms with Crippen molar-refractivity contribution in [3.63, 3.8) is 0 Å². The van der Waals surface area contributed by atoms with E-state index in [1.807, 2.05) is 0 Å². The molecule has 1 aromatic rings. The number of rotatable bonds is 4. The molecule has 1 saturated heterocycles. The molecular weight excluding hydrogens is 296 g/mol. The van der Waals surface area contributed by atoms with Crippen LogP contribution in [0, 0.1) is 0 Å². The van der Waals surface area contributed by atoms with Crippen molar-refractivity contribution >= 4 is 5.97 Å².